The first-order chi connectivity index (χ1) is 6.74. The SMILES string of the molecule is CSCCCC(NCC1CC1)C(N)=O. The highest BCUT2D eigenvalue weighted by molar-refractivity contribution is 7.98. The van der Waals surface area contributed by atoms with E-state index in [-0.39, 0.29) is 11.9 Å². The zero-order chi connectivity index (χ0) is 10.4. The minimum absolute atomic E-state index is 0.109. The lowest BCUT2D eigenvalue weighted by molar-refractivity contribution is -0.120. The van der Waals surface area contributed by atoms with Gasteiger partial charge in [0.2, 0.25) is 5.91 Å². The van der Waals surface area contributed by atoms with Crippen LogP contribution in [-0.4, -0.2) is 30.5 Å². The molecule has 14 heavy (non-hydrogen) atoms. The van der Waals surface area contributed by atoms with Crippen molar-refractivity contribution in [3.05, 3.63) is 0 Å². The van der Waals surface area contributed by atoms with Crippen LogP contribution >= 0.6 is 11.8 Å². The van der Waals surface area contributed by atoms with Gasteiger partial charge in [-0.3, -0.25) is 4.79 Å². The van der Waals surface area contributed by atoms with Crippen LogP contribution in [0.4, 0.5) is 0 Å². The van der Waals surface area contributed by atoms with Crippen molar-refractivity contribution in [3.63, 3.8) is 0 Å². The van der Waals surface area contributed by atoms with Gasteiger partial charge in [0.25, 0.3) is 0 Å². The van der Waals surface area contributed by atoms with Crippen molar-refractivity contribution >= 4 is 17.7 Å². The summed E-state index contributed by atoms with van der Waals surface area (Å²) in [5.74, 6) is 1.71. The molecule has 1 fully saturated rings. The topological polar surface area (TPSA) is 55.1 Å². The second-order valence-corrected chi connectivity index (χ2v) is 4.93. The van der Waals surface area contributed by atoms with Gasteiger partial charge in [0.05, 0.1) is 6.04 Å². The van der Waals surface area contributed by atoms with Gasteiger partial charge in [-0.15, -0.1) is 0 Å². The van der Waals surface area contributed by atoms with Crippen LogP contribution in [0.3, 0.4) is 0 Å². The number of hydrogen-bond acceptors (Lipinski definition) is 3. The Hall–Kier alpha value is -0.220. The molecule has 0 aromatic heterocycles. The van der Waals surface area contributed by atoms with E-state index in [9.17, 15) is 4.79 Å². The monoisotopic (exact) mass is 216 g/mol. The fraction of sp³-hybridized carbons (Fsp3) is 0.900. The molecule has 4 heteroatoms. The maximum atomic E-state index is 11.1. The van der Waals surface area contributed by atoms with Crippen molar-refractivity contribution in [3.8, 4) is 0 Å². The quantitative estimate of drug-likeness (QED) is 0.595. The number of nitrogens with one attached hydrogen (secondary N) is 1. The van der Waals surface area contributed by atoms with Crippen molar-refractivity contribution < 1.29 is 4.79 Å². The van der Waals surface area contributed by atoms with Crippen LogP contribution < -0.4 is 11.1 Å². The molecule has 3 nitrogen and oxygen atoms in total. The van der Waals surface area contributed by atoms with Crippen LogP contribution in [0.1, 0.15) is 25.7 Å². The lowest BCUT2D eigenvalue weighted by atomic mass is 10.1. The summed E-state index contributed by atoms with van der Waals surface area (Å²) >= 11 is 1.81. The Morgan fingerprint density at radius 3 is 2.86 bits per heavy atom. The fourth-order valence-electron chi connectivity index (χ4n) is 1.41. The van der Waals surface area contributed by atoms with Crippen LogP contribution in [0, 0.1) is 5.92 Å². The highest BCUT2D eigenvalue weighted by Gasteiger charge is 2.23. The molecule has 0 bridgehead atoms. The molecule has 1 rings (SSSR count). The molecule has 1 saturated carbocycles. The lowest BCUT2D eigenvalue weighted by Crippen LogP contribution is -2.42. The van der Waals surface area contributed by atoms with Crippen LogP contribution in [-0.2, 0) is 4.79 Å². The average molecular weight is 216 g/mol. The molecule has 0 aromatic rings. The Labute approximate surface area is 90.2 Å². The standard InChI is InChI=1S/C10H20N2OS/c1-14-6-2-3-9(10(11)13)12-7-8-4-5-8/h8-9,12H,2-7H2,1H3,(H2,11,13). The van der Waals surface area contributed by atoms with E-state index in [2.05, 4.69) is 11.6 Å². The van der Waals surface area contributed by atoms with Gasteiger partial charge < -0.3 is 11.1 Å². The predicted molar refractivity (Wildman–Crippen MR) is 61.3 cm³/mol. The lowest BCUT2D eigenvalue weighted by Gasteiger charge is -2.14. The van der Waals surface area contributed by atoms with E-state index in [1.807, 2.05) is 11.8 Å². The third-order valence-corrected chi connectivity index (χ3v) is 3.23. The molecule has 0 heterocycles. The minimum atomic E-state index is -0.202. The summed E-state index contributed by atoms with van der Waals surface area (Å²) in [6.07, 6.45) is 6.64. The smallest absolute Gasteiger partial charge is 0.234 e. The number of amides is 1. The molecule has 82 valence electrons. The Morgan fingerprint density at radius 1 is 1.64 bits per heavy atom. The molecule has 1 aliphatic rings. The van der Waals surface area contributed by atoms with Gasteiger partial charge in [-0.05, 0) is 50.2 Å². The summed E-state index contributed by atoms with van der Waals surface area (Å²) in [6, 6.07) is -0.109. The van der Waals surface area contributed by atoms with Crippen LogP contribution in [0.2, 0.25) is 0 Å². The molecule has 1 atom stereocenters. The number of rotatable bonds is 8. The molecule has 0 spiro atoms. The van der Waals surface area contributed by atoms with Gasteiger partial charge in [0, 0.05) is 0 Å². The molecule has 0 saturated heterocycles. The number of carbonyl (C=O) groups is 1. The van der Waals surface area contributed by atoms with Gasteiger partial charge in [0.1, 0.15) is 0 Å². The van der Waals surface area contributed by atoms with Gasteiger partial charge in [-0.25, -0.2) is 0 Å². The van der Waals surface area contributed by atoms with Crippen LogP contribution in [0.25, 0.3) is 0 Å². The first-order valence-corrected chi connectivity index (χ1v) is 6.65. The minimum Gasteiger partial charge on any atom is -0.368 e. The summed E-state index contributed by atoms with van der Waals surface area (Å²) in [4.78, 5) is 11.1. The second kappa shape index (κ2) is 6.30. The van der Waals surface area contributed by atoms with E-state index in [4.69, 9.17) is 5.73 Å². The maximum absolute atomic E-state index is 11.1. The summed E-state index contributed by atoms with van der Waals surface area (Å²) < 4.78 is 0. The zero-order valence-corrected chi connectivity index (χ0v) is 9.61. The molecule has 1 aliphatic carbocycles. The Balaban J connectivity index is 2.12. The summed E-state index contributed by atoms with van der Waals surface area (Å²) in [5, 5.41) is 3.26. The molecule has 1 amide bonds. The number of primary amides is 1. The van der Waals surface area contributed by atoms with E-state index in [0.29, 0.717) is 0 Å². The Kier molecular flexibility index (Phi) is 5.33. The number of nitrogens with two attached hydrogens (primary N) is 1. The molecular formula is C10H20N2OS. The molecule has 0 aliphatic heterocycles. The predicted octanol–water partition coefficient (Wildman–Crippen LogP) is 0.983. The summed E-state index contributed by atoms with van der Waals surface area (Å²) in [5.41, 5.74) is 5.32. The molecule has 1 unspecified atom stereocenters. The normalized spacial score (nSPS) is 18.1. The molecule has 0 aromatic carbocycles. The maximum Gasteiger partial charge on any atom is 0.234 e. The van der Waals surface area contributed by atoms with Crippen molar-refractivity contribution in [2.45, 2.75) is 31.7 Å². The van der Waals surface area contributed by atoms with Crippen molar-refractivity contribution in [2.24, 2.45) is 11.7 Å². The van der Waals surface area contributed by atoms with Crippen molar-refractivity contribution in [1.82, 2.24) is 5.32 Å². The van der Waals surface area contributed by atoms with Crippen molar-refractivity contribution in [2.75, 3.05) is 18.6 Å². The zero-order valence-electron chi connectivity index (χ0n) is 8.79. The number of hydrogen-bond donors (Lipinski definition) is 2. The first kappa shape index (κ1) is 11.9. The number of carbonyl (C=O) groups excluding carboxylic acids is 1. The average Bonchev–Trinajstić information content (AvgIpc) is 2.94. The molecular weight excluding hydrogens is 196 g/mol. The van der Waals surface area contributed by atoms with Gasteiger partial charge in [-0.2, -0.15) is 11.8 Å². The second-order valence-electron chi connectivity index (χ2n) is 3.94. The third kappa shape index (κ3) is 4.86. The summed E-state index contributed by atoms with van der Waals surface area (Å²) in [7, 11) is 0. The first-order valence-electron chi connectivity index (χ1n) is 5.25. The van der Waals surface area contributed by atoms with Gasteiger partial charge in [0.15, 0.2) is 0 Å². The Bertz CT molecular complexity index is 183. The molecule has 3 N–H and O–H groups in total. The molecule has 0 radical (unpaired) electrons. The van der Waals surface area contributed by atoms with E-state index in [1.54, 1.807) is 0 Å². The van der Waals surface area contributed by atoms with Crippen molar-refractivity contribution in [1.29, 1.82) is 0 Å². The van der Waals surface area contributed by atoms with Gasteiger partial charge in [-0.1, -0.05) is 0 Å². The number of thioether (sulfide) groups is 1. The van der Waals surface area contributed by atoms with E-state index in [1.165, 1.54) is 12.8 Å². The van der Waals surface area contributed by atoms with E-state index < -0.39 is 0 Å². The van der Waals surface area contributed by atoms with E-state index >= 15 is 0 Å². The summed E-state index contributed by atoms with van der Waals surface area (Å²) in [6.45, 7) is 0.965. The van der Waals surface area contributed by atoms with E-state index in [0.717, 1.165) is 31.1 Å². The highest BCUT2D eigenvalue weighted by Crippen LogP contribution is 2.27. The fourth-order valence-corrected chi connectivity index (χ4v) is 1.86. The third-order valence-electron chi connectivity index (χ3n) is 2.53. The highest BCUT2D eigenvalue weighted by atomic mass is 32.2. The van der Waals surface area contributed by atoms with Crippen LogP contribution in [0.5, 0.6) is 0 Å². The largest absolute Gasteiger partial charge is 0.368 e. The van der Waals surface area contributed by atoms with Gasteiger partial charge >= 0.3 is 0 Å². The Morgan fingerprint density at radius 2 is 2.36 bits per heavy atom. The van der Waals surface area contributed by atoms with Crippen LogP contribution in [0.15, 0.2) is 0 Å².